The number of aliphatic carboxylic acids is 1. The molecule has 0 radical (unpaired) electrons. The summed E-state index contributed by atoms with van der Waals surface area (Å²) in [6.07, 6.45) is 10.2. The Balaban J connectivity index is 3.05. The molecule has 0 saturated heterocycles. The first-order valence-corrected chi connectivity index (χ1v) is 8.92. The number of hydrogen-bond acceptors (Lipinski definition) is 4. The van der Waals surface area contributed by atoms with Crippen molar-refractivity contribution in [1.82, 2.24) is 10.2 Å². The summed E-state index contributed by atoms with van der Waals surface area (Å²) in [5.41, 5.74) is 0. The second kappa shape index (κ2) is 9.39. The highest BCUT2D eigenvalue weighted by atomic mass is 32.2. The van der Waals surface area contributed by atoms with E-state index in [1.807, 2.05) is 30.6 Å². The molecule has 128 valence electrons. The average Bonchev–Trinajstić information content (AvgIpc) is 2.50. The molecule has 2 amide bonds. The van der Waals surface area contributed by atoms with Gasteiger partial charge in [0.05, 0.1) is 6.04 Å². The summed E-state index contributed by atoms with van der Waals surface area (Å²) in [5, 5.41) is 12.1. The van der Waals surface area contributed by atoms with Crippen LogP contribution in [0.2, 0.25) is 0 Å². The van der Waals surface area contributed by atoms with Crippen molar-refractivity contribution in [3.63, 3.8) is 0 Å². The Morgan fingerprint density at radius 2 is 2.09 bits per heavy atom. The summed E-state index contributed by atoms with van der Waals surface area (Å²) in [6.45, 7) is 2.91. The fourth-order valence-corrected chi connectivity index (χ4v) is 2.98. The molecule has 7 heteroatoms. The molecular weight excluding hydrogens is 316 g/mol. The van der Waals surface area contributed by atoms with Crippen molar-refractivity contribution in [2.45, 2.75) is 44.8 Å². The highest BCUT2D eigenvalue weighted by Gasteiger charge is 2.36. The standard InChI is InChI=1S/C16H24N2O4S/c1-11(17-12(2)19)15(20)18(13-7-5-4-6-8-13)14(16(21)22)9-10-23-3/h4-7,11,13-14H,8-10H2,1-3H3,(H,17,19)(H,21,22)/t11-,13?,14-/m0/s1. The first-order chi connectivity index (χ1) is 10.9. The van der Waals surface area contributed by atoms with Gasteiger partial charge in [-0.05, 0) is 31.8 Å². The molecule has 1 aliphatic carbocycles. The first-order valence-electron chi connectivity index (χ1n) is 7.52. The van der Waals surface area contributed by atoms with Crippen molar-refractivity contribution in [3.05, 3.63) is 24.3 Å². The van der Waals surface area contributed by atoms with Crippen molar-refractivity contribution < 1.29 is 19.5 Å². The monoisotopic (exact) mass is 340 g/mol. The van der Waals surface area contributed by atoms with E-state index in [9.17, 15) is 19.5 Å². The van der Waals surface area contributed by atoms with Crippen molar-refractivity contribution in [2.75, 3.05) is 12.0 Å². The van der Waals surface area contributed by atoms with Gasteiger partial charge in [0.1, 0.15) is 12.1 Å². The summed E-state index contributed by atoms with van der Waals surface area (Å²) >= 11 is 1.54. The Kier molecular flexibility index (Phi) is 7.88. The number of allylic oxidation sites excluding steroid dienone is 2. The molecule has 0 aromatic rings. The van der Waals surface area contributed by atoms with Crippen LogP contribution in [-0.2, 0) is 14.4 Å². The van der Waals surface area contributed by atoms with Gasteiger partial charge in [-0.25, -0.2) is 4.79 Å². The number of carboxylic acid groups (broad SMARTS) is 1. The molecule has 23 heavy (non-hydrogen) atoms. The van der Waals surface area contributed by atoms with Gasteiger partial charge in [-0.2, -0.15) is 11.8 Å². The van der Waals surface area contributed by atoms with Crippen LogP contribution in [0.3, 0.4) is 0 Å². The Morgan fingerprint density at radius 3 is 2.57 bits per heavy atom. The van der Waals surface area contributed by atoms with Gasteiger partial charge in [-0.1, -0.05) is 24.3 Å². The third-order valence-corrected chi connectivity index (χ3v) is 4.22. The molecule has 1 aliphatic rings. The third-order valence-electron chi connectivity index (χ3n) is 3.58. The van der Waals surface area contributed by atoms with Crippen LogP contribution in [0, 0.1) is 0 Å². The second-order valence-corrected chi connectivity index (χ2v) is 6.40. The number of thioether (sulfide) groups is 1. The predicted octanol–water partition coefficient (Wildman–Crippen LogP) is 1.43. The highest BCUT2D eigenvalue weighted by molar-refractivity contribution is 7.98. The van der Waals surface area contributed by atoms with Crippen LogP contribution in [0.5, 0.6) is 0 Å². The van der Waals surface area contributed by atoms with Gasteiger partial charge in [0.25, 0.3) is 0 Å². The number of rotatable bonds is 8. The molecule has 0 saturated carbocycles. The first kappa shape index (κ1) is 19.3. The molecule has 0 aromatic heterocycles. The van der Waals surface area contributed by atoms with Crippen LogP contribution in [-0.4, -0.2) is 57.9 Å². The number of carbonyl (C=O) groups is 3. The number of nitrogens with zero attached hydrogens (tertiary/aromatic N) is 1. The van der Waals surface area contributed by atoms with E-state index in [1.165, 1.54) is 23.6 Å². The molecule has 0 bridgehead atoms. The lowest BCUT2D eigenvalue weighted by Gasteiger charge is -2.37. The lowest BCUT2D eigenvalue weighted by atomic mass is 10.0. The number of hydrogen-bond donors (Lipinski definition) is 2. The quantitative estimate of drug-likeness (QED) is 0.698. The van der Waals surface area contributed by atoms with Crippen molar-refractivity contribution >= 4 is 29.5 Å². The molecule has 0 spiro atoms. The number of amides is 2. The maximum absolute atomic E-state index is 12.8. The van der Waals surface area contributed by atoms with Crippen molar-refractivity contribution in [1.29, 1.82) is 0 Å². The minimum atomic E-state index is -1.02. The number of carboxylic acids is 1. The summed E-state index contributed by atoms with van der Waals surface area (Å²) < 4.78 is 0. The Labute approximate surface area is 141 Å². The van der Waals surface area contributed by atoms with E-state index in [1.54, 1.807) is 6.92 Å². The zero-order valence-corrected chi connectivity index (χ0v) is 14.5. The Morgan fingerprint density at radius 1 is 1.39 bits per heavy atom. The molecule has 2 N–H and O–H groups in total. The van der Waals surface area contributed by atoms with E-state index >= 15 is 0 Å². The molecule has 0 aromatic carbocycles. The summed E-state index contributed by atoms with van der Waals surface area (Å²) in [7, 11) is 0. The smallest absolute Gasteiger partial charge is 0.326 e. The minimum Gasteiger partial charge on any atom is -0.480 e. The van der Waals surface area contributed by atoms with Gasteiger partial charge >= 0.3 is 5.97 Å². The second-order valence-electron chi connectivity index (χ2n) is 5.42. The maximum Gasteiger partial charge on any atom is 0.326 e. The zero-order chi connectivity index (χ0) is 17.4. The molecule has 3 atom stereocenters. The van der Waals surface area contributed by atoms with Crippen LogP contribution in [0.1, 0.15) is 26.7 Å². The van der Waals surface area contributed by atoms with E-state index in [0.717, 1.165) is 0 Å². The van der Waals surface area contributed by atoms with Gasteiger partial charge in [0, 0.05) is 6.92 Å². The van der Waals surface area contributed by atoms with Crippen LogP contribution in [0.15, 0.2) is 24.3 Å². The summed E-state index contributed by atoms with van der Waals surface area (Å²) in [4.78, 5) is 37.1. The molecule has 1 unspecified atom stereocenters. The van der Waals surface area contributed by atoms with E-state index < -0.39 is 18.1 Å². The number of carbonyl (C=O) groups excluding carboxylic acids is 2. The highest BCUT2D eigenvalue weighted by Crippen LogP contribution is 2.20. The van der Waals surface area contributed by atoms with Crippen LogP contribution >= 0.6 is 11.8 Å². The molecule has 0 fully saturated rings. The van der Waals surface area contributed by atoms with E-state index in [-0.39, 0.29) is 17.9 Å². The number of nitrogens with one attached hydrogen (secondary N) is 1. The predicted molar refractivity (Wildman–Crippen MR) is 91.2 cm³/mol. The zero-order valence-electron chi connectivity index (χ0n) is 13.7. The fourth-order valence-electron chi connectivity index (χ4n) is 2.52. The SMILES string of the molecule is CSCC[C@@H](C(=O)O)N(C(=O)[C@H](C)NC(C)=O)C1C=CC=CC1. The van der Waals surface area contributed by atoms with E-state index in [2.05, 4.69) is 5.32 Å². The topological polar surface area (TPSA) is 86.7 Å². The Bertz CT molecular complexity index is 504. The molecule has 1 rings (SSSR count). The van der Waals surface area contributed by atoms with Gasteiger partial charge < -0.3 is 15.3 Å². The van der Waals surface area contributed by atoms with E-state index in [0.29, 0.717) is 18.6 Å². The van der Waals surface area contributed by atoms with E-state index in [4.69, 9.17) is 0 Å². The van der Waals surface area contributed by atoms with Crippen LogP contribution in [0.4, 0.5) is 0 Å². The van der Waals surface area contributed by atoms with Gasteiger partial charge in [-0.15, -0.1) is 0 Å². The molecule has 0 aliphatic heterocycles. The molecule has 6 nitrogen and oxygen atoms in total. The lowest BCUT2D eigenvalue weighted by molar-refractivity contribution is -0.152. The lowest BCUT2D eigenvalue weighted by Crippen LogP contribution is -2.56. The third kappa shape index (κ3) is 5.74. The molecule has 0 heterocycles. The normalized spacial score (nSPS) is 19.0. The van der Waals surface area contributed by atoms with Crippen molar-refractivity contribution in [3.8, 4) is 0 Å². The summed E-state index contributed by atoms with van der Waals surface area (Å²) in [6, 6.07) is -1.98. The van der Waals surface area contributed by atoms with Gasteiger partial charge in [-0.3, -0.25) is 9.59 Å². The maximum atomic E-state index is 12.8. The van der Waals surface area contributed by atoms with Crippen LogP contribution in [0.25, 0.3) is 0 Å². The summed E-state index contributed by atoms with van der Waals surface area (Å²) in [5.74, 6) is -1.08. The minimum absolute atomic E-state index is 0.313. The van der Waals surface area contributed by atoms with Crippen LogP contribution < -0.4 is 5.32 Å². The van der Waals surface area contributed by atoms with Gasteiger partial charge in [0.2, 0.25) is 11.8 Å². The molecular formula is C16H24N2O4S. The average molecular weight is 340 g/mol. The largest absolute Gasteiger partial charge is 0.480 e. The van der Waals surface area contributed by atoms with Crippen molar-refractivity contribution in [2.24, 2.45) is 0 Å². The Hall–Kier alpha value is -1.76. The van der Waals surface area contributed by atoms with Gasteiger partial charge in [0.15, 0.2) is 0 Å². The fraction of sp³-hybridized carbons (Fsp3) is 0.562.